The minimum Gasteiger partial charge on any atom is -0.457 e. The lowest BCUT2D eigenvalue weighted by Crippen LogP contribution is -2.56. The van der Waals surface area contributed by atoms with Crippen LogP contribution in [0.4, 0.5) is 4.39 Å². The second-order valence-electron chi connectivity index (χ2n) is 17.4. The van der Waals surface area contributed by atoms with E-state index in [1.54, 1.807) is 13.8 Å². The molecule has 7 fully saturated rings. The van der Waals surface area contributed by atoms with Crippen LogP contribution in [0, 0.1) is 45.3 Å². The van der Waals surface area contributed by atoms with Crippen molar-refractivity contribution < 1.29 is 34.7 Å². The van der Waals surface area contributed by atoms with Gasteiger partial charge in [-0.25, -0.2) is 4.39 Å². The summed E-state index contributed by atoms with van der Waals surface area (Å²) >= 11 is 0. The topological polar surface area (TPSA) is 77.5 Å². The Labute approximate surface area is 265 Å². The molecule has 7 aliphatic rings. The fourth-order valence-corrected chi connectivity index (χ4v) is 12.8. The Kier molecular flexibility index (Phi) is 7.85. The summed E-state index contributed by atoms with van der Waals surface area (Å²) in [5, 5.41) is 10.9. The van der Waals surface area contributed by atoms with Crippen molar-refractivity contribution in [1.29, 1.82) is 0 Å². The van der Waals surface area contributed by atoms with Crippen LogP contribution in [0.25, 0.3) is 0 Å². The molecule has 0 radical (unpaired) electrons. The molecule has 2 spiro atoms. The van der Waals surface area contributed by atoms with Gasteiger partial charge in [0.25, 0.3) is 0 Å². The molecule has 5 saturated carbocycles. The third-order valence-electron chi connectivity index (χ3n) is 14.7. The molecule has 2 saturated heterocycles. The van der Waals surface area contributed by atoms with Crippen LogP contribution in [0.5, 0.6) is 0 Å². The SMILES string of the molecule is CC(=O)O[C@@H](C1CCC2C(CC3C4CCC5C(C)(C)[C@@H](OC6CN(CCF)CCO6)CCC56C[C@@]46CCC23C)O1)C(C)(C)O.[HH]. The largest absolute Gasteiger partial charge is 0.457 e. The van der Waals surface area contributed by atoms with Crippen molar-refractivity contribution in [2.24, 2.45) is 45.3 Å². The highest BCUT2D eigenvalue weighted by atomic mass is 19.1. The molecule has 7 rings (SSSR count). The lowest BCUT2D eigenvalue weighted by Gasteiger charge is -2.60. The van der Waals surface area contributed by atoms with E-state index >= 15 is 0 Å². The second kappa shape index (κ2) is 10.9. The average Bonchev–Trinajstić information content (AvgIpc) is 3.53. The first kappa shape index (κ1) is 31.8. The maximum absolute atomic E-state index is 13.0. The van der Waals surface area contributed by atoms with E-state index in [2.05, 4.69) is 25.7 Å². The number of rotatable bonds is 7. The zero-order chi connectivity index (χ0) is 31.3. The van der Waals surface area contributed by atoms with E-state index < -0.39 is 11.7 Å². The molecular weight excluding hydrogens is 561 g/mol. The fourth-order valence-electron chi connectivity index (χ4n) is 12.8. The highest BCUT2D eigenvalue weighted by Crippen LogP contribution is 2.87. The minimum atomic E-state index is -1.15. The van der Waals surface area contributed by atoms with E-state index in [0.717, 1.165) is 38.1 Å². The molecule has 0 aromatic heterocycles. The Morgan fingerprint density at radius 1 is 1.07 bits per heavy atom. The molecule has 44 heavy (non-hydrogen) atoms. The van der Waals surface area contributed by atoms with E-state index in [-0.39, 0.29) is 44.1 Å². The van der Waals surface area contributed by atoms with Gasteiger partial charge in [0.05, 0.1) is 30.5 Å². The van der Waals surface area contributed by atoms with Crippen LogP contribution in [0.1, 0.15) is 107 Å². The van der Waals surface area contributed by atoms with Crippen LogP contribution in [-0.2, 0) is 23.7 Å². The number of ether oxygens (including phenoxy) is 4. The van der Waals surface area contributed by atoms with Crippen molar-refractivity contribution in [3.8, 4) is 0 Å². The number of aliphatic hydroxyl groups is 1. The predicted molar refractivity (Wildman–Crippen MR) is 167 cm³/mol. The number of hydrogen-bond acceptors (Lipinski definition) is 7. The van der Waals surface area contributed by atoms with Gasteiger partial charge in [-0.2, -0.15) is 0 Å². The number of morpholine rings is 1. The van der Waals surface area contributed by atoms with Crippen LogP contribution in [0.3, 0.4) is 0 Å². The molecule has 12 atom stereocenters. The van der Waals surface area contributed by atoms with Gasteiger partial charge < -0.3 is 24.1 Å². The molecule has 8 heteroatoms. The minimum absolute atomic E-state index is 0. The smallest absolute Gasteiger partial charge is 0.303 e. The molecule has 0 bridgehead atoms. The summed E-state index contributed by atoms with van der Waals surface area (Å²) in [7, 11) is 0. The third-order valence-corrected chi connectivity index (χ3v) is 14.7. The molecule has 0 aromatic rings. The van der Waals surface area contributed by atoms with Gasteiger partial charge in [-0.05, 0) is 123 Å². The van der Waals surface area contributed by atoms with E-state index in [1.165, 1.54) is 45.4 Å². The molecule has 0 amide bonds. The maximum atomic E-state index is 13.0. The monoisotopic (exact) mass is 621 g/mol. The van der Waals surface area contributed by atoms with Crippen LogP contribution in [-0.4, -0.2) is 85.2 Å². The first-order valence-electron chi connectivity index (χ1n) is 17.9. The summed E-state index contributed by atoms with van der Waals surface area (Å²) in [6.07, 6.45) is 11.2. The number of halogens is 1. The predicted octanol–water partition coefficient (Wildman–Crippen LogP) is 6.15. The van der Waals surface area contributed by atoms with Crippen LogP contribution in [0.2, 0.25) is 0 Å². The molecule has 0 aromatic carbocycles. The van der Waals surface area contributed by atoms with Gasteiger partial charge in [0.2, 0.25) is 0 Å². The Hall–Kier alpha value is -0.800. The Bertz CT molecular complexity index is 1120. The number of carbonyl (C=O) groups is 1. The highest BCUT2D eigenvalue weighted by molar-refractivity contribution is 5.66. The third kappa shape index (κ3) is 4.77. The van der Waals surface area contributed by atoms with Gasteiger partial charge in [0.1, 0.15) is 6.67 Å². The number of alkyl halides is 1. The quantitative estimate of drug-likeness (QED) is 0.342. The zero-order valence-electron chi connectivity index (χ0n) is 28.1. The standard InChI is InChI=1S/C36H58FNO6.H2/c1-22(39)42-31(33(4,5)40)26-9-7-24-27(43-26)19-25-23-8-10-28-32(2,3)29(44-30-20-38(16-15-37)17-18-41-30)11-12-36(28)21-35(23,36)14-13-34(24,25)6;/h23-31,40H,7-21H2,1-6H3;1H/t23?,24?,25?,26?,27?,28?,29-,30?,31-,34?,35-,36?;/m0./s1. The van der Waals surface area contributed by atoms with Crippen LogP contribution < -0.4 is 0 Å². The van der Waals surface area contributed by atoms with Crippen LogP contribution in [0.15, 0.2) is 0 Å². The van der Waals surface area contributed by atoms with Gasteiger partial charge in [0.15, 0.2) is 12.4 Å². The van der Waals surface area contributed by atoms with Gasteiger partial charge in [-0.15, -0.1) is 0 Å². The van der Waals surface area contributed by atoms with E-state index in [1.807, 2.05) is 0 Å². The summed E-state index contributed by atoms with van der Waals surface area (Å²) < 4.78 is 38.3. The van der Waals surface area contributed by atoms with E-state index in [4.69, 9.17) is 18.9 Å². The number of hydrogen-bond donors (Lipinski definition) is 1. The summed E-state index contributed by atoms with van der Waals surface area (Å²) in [6.45, 7) is 14.6. The van der Waals surface area contributed by atoms with Gasteiger partial charge in [-0.1, -0.05) is 20.8 Å². The first-order valence-corrected chi connectivity index (χ1v) is 17.9. The van der Waals surface area contributed by atoms with E-state index in [9.17, 15) is 14.3 Å². The molecule has 5 aliphatic carbocycles. The number of fused-ring (bicyclic) bond motifs is 4. The molecule has 252 valence electrons. The summed E-state index contributed by atoms with van der Waals surface area (Å²) in [5.41, 5.74) is 0.137. The summed E-state index contributed by atoms with van der Waals surface area (Å²) in [4.78, 5) is 14.1. The maximum Gasteiger partial charge on any atom is 0.303 e. The van der Waals surface area contributed by atoms with E-state index in [0.29, 0.717) is 53.7 Å². The highest BCUT2D eigenvalue weighted by Gasteiger charge is 2.80. The van der Waals surface area contributed by atoms with Gasteiger partial charge >= 0.3 is 5.97 Å². The molecule has 7 nitrogen and oxygen atoms in total. The van der Waals surface area contributed by atoms with Crippen molar-refractivity contribution in [3.63, 3.8) is 0 Å². The zero-order valence-corrected chi connectivity index (χ0v) is 28.1. The Morgan fingerprint density at radius 3 is 2.57 bits per heavy atom. The molecular formula is C36H60FNO6. The second-order valence-corrected chi connectivity index (χ2v) is 17.4. The van der Waals surface area contributed by atoms with Gasteiger partial charge in [-0.3, -0.25) is 9.69 Å². The Balaban J connectivity index is 0.00000357. The first-order chi connectivity index (χ1) is 20.7. The average molecular weight is 622 g/mol. The summed E-state index contributed by atoms with van der Waals surface area (Å²) in [6, 6.07) is 0. The van der Waals surface area contributed by atoms with Gasteiger partial charge in [0, 0.05) is 28.0 Å². The van der Waals surface area contributed by atoms with Crippen molar-refractivity contribution in [2.75, 3.05) is 32.9 Å². The van der Waals surface area contributed by atoms with Crippen molar-refractivity contribution in [1.82, 2.24) is 4.90 Å². The molecule has 9 unspecified atom stereocenters. The number of esters is 1. The number of carbonyl (C=O) groups excluding carboxylic acids is 1. The molecule has 1 N–H and O–H groups in total. The van der Waals surface area contributed by atoms with Crippen molar-refractivity contribution >= 4 is 5.97 Å². The Morgan fingerprint density at radius 2 is 1.84 bits per heavy atom. The van der Waals surface area contributed by atoms with Crippen molar-refractivity contribution in [3.05, 3.63) is 0 Å². The molecule has 2 heterocycles. The molecule has 2 aliphatic heterocycles. The summed E-state index contributed by atoms with van der Waals surface area (Å²) in [5.74, 6) is 2.28. The lowest BCUT2D eigenvalue weighted by atomic mass is 9.46. The van der Waals surface area contributed by atoms with Crippen molar-refractivity contribution in [2.45, 2.75) is 142 Å². The normalized spacial score (nSPS) is 48.6. The van der Waals surface area contributed by atoms with Crippen LogP contribution >= 0.6 is 0 Å². The lowest BCUT2D eigenvalue weighted by molar-refractivity contribution is -0.245. The fraction of sp³-hybridized carbons (Fsp3) is 0.972. The number of nitrogens with zero attached hydrogens (tertiary/aromatic N) is 1.